The molecule has 0 atom stereocenters. The monoisotopic (exact) mass is 436 g/mol. The largest absolute Gasteiger partial charge is 0.452 e. The number of amides is 1. The molecule has 2 aromatic rings. The van der Waals surface area contributed by atoms with Gasteiger partial charge in [-0.25, -0.2) is 4.79 Å². The number of nitrogens with zero attached hydrogens (tertiary/aromatic N) is 3. The lowest BCUT2D eigenvalue weighted by Crippen LogP contribution is -2.21. The number of carbonyl (C=O) groups excluding carboxylic acids is 2. The van der Waals surface area contributed by atoms with Gasteiger partial charge < -0.3 is 10.1 Å². The number of hydrogen-bond donors (Lipinski definition) is 1. The van der Waals surface area contributed by atoms with Crippen LogP contribution in [0.25, 0.3) is 0 Å². The zero-order valence-electron chi connectivity index (χ0n) is 17.4. The third-order valence-corrected chi connectivity index (χ3v) is 6.71. The van der Waals surface area contributed by atoms with Crippen molar-refractivity contribution in [3.63, 3.8) is 0 Å². The van der Waals surface area contributed by atoms with Crippen molar-refractivity contribution in [1.29, 1.82) is 5.26 Å². The van der Waals surface area contributed by atoms with Gasteiger partial charge in [0.05, 0.1) is 16.8 Å². The van der Waals surface area contributed by atoms with Gasteiger partial charge >= 0.3 is 5.97 Å². The first-order chi connectivity index (χ1) is 15.0. The van der Waals surface area contributed by atoms with Gasteiger partial charge in [0, 0.05) is 23.6 Å². The first kappa shape index (κ1) is 21.1. The number of carbonyl (C=O) groups is 2. The second-order valence-corrected chi connectivity index (χ2v) is 8.87. The van der Waals surface area contributed by atoms with Crippen LogP contribution in [0, 0.1) is 11.3 Å². The van der Waals surface area contributed by atoms with Gasteiger partial charge in [0.2, 0.25) is 0 Å². The Hall–Kier alpha value is -3.18. The van der Waals surface area contributed by atoms with Crippen molar-refractivity contribution in [2.24, 2.45) is 5.10 Å². The number of anilines is 2. The summed E-state index contributed by atoms with van der Waals surface area (Å²) in [5.41, 5.74) is 3.98. The predicted octanol–water partition coefficient (Wildman–Crippen LogP) is 4.27. The number of ether oxygens (including phenoxy) is 1. The smallest absolute Gasteiger partial charge is 0.338 e. The molecular formula is C23H24N4O3S. The quantitative estimate of drug-likeness (QED) is 0.558. The molecular weight excluding hydrogens is 412 g/mol. The van der Waals surface area contributed by atoms with E-state index in [1.807, 2.05) is 24.1 Å². The lowest BCUT2D eigenvalue weighted by Gasteiger charge is -2.13. The fraction of sp³-hybridized carbons (Fsp3) is 0.391. The average Bonchev–Trinajstić information content (AvgIpc) is 3.27. The first-order valence-electron chi connectivity index (χ1n) is 10.5. The summed E-state index contributed by atoms with van der Waals surface area (Å²) >= 11 is 1.46. The number of rotatable bonds is 5. The van der Waals surface area contributed by atoms with E-state index < -0.39 is 18.5 Å². The molecule has 1 aromatic carbocycles. The Labute approximate surface area is 185 Å². The SMILES string of the molecule is CC1=NN(c2ccc(C(=O)OCC(=O)Nc3sc4c(c3C#N)CCCCC4)cc2)CC1. The second kappa shape index (κ2) is 9.31. The molecule has 0 bridgehead atoms. The normalized spacial score (nSPS) is 15.5. The van der Waals surface area contributed by atoms with Gasteiger partial charge in [0.1, 0.15) is 11.1 Å². The number of thiophene rings is 1. The number of benzene rings is 1. The van der Waals surface area contributed by atoms with Crippen LogP contribution in [-0.4, -0.2) is 30.7 Å². The molecule has 0 unspecified atom stereocenters. The summed E-state index contributed by atoms with van der Waals surface area (Å²) in [6.45, 7) is 2.42. The summed E-state index contributed by atoms with van der Waals surface area (Å²) in [5, 5.41) is 19.2. The van der Waals surface area contributed by atoms with Crippen molar-refractivity contribution in [2.45, 2.75) is 45.4 Å². The fourth-order valence-corrected chi connectivity index (χ4v) is 5.11. The number of esters is 1. The van der Waals surface area contributed by atoms with Crippen LogP contribution in [0.1, 0.15) is 59.0 Å². The third kappa shape index (κ3) is 4.78. The van der Waals surface area contributed by atoms with E-state index in [1.54, 1.807) is 12.1 Å². The minimum Gasteiger partial charge on any atom is -0.452 e. The Kier molecular flexibility index (Phi) is 6.33. The van der Waals surface area contributed by atoms with Crippen LogP contribution in [0.15, 0.2) is 29.4 Å². The van der Waals surface area contributed by atoms with Gasteiger partial charge in [-0.2, -0.15) is 10.4 Å². The summed E-state index contributed by atoms with van der Waals surface area (Å²) in [5.74, 6) is -1.01. The topological polar surface area (TPSA) is 94.8 Å². The molecule has 1 aromatic heterocycles. The first-order valence-corrected chi connectivity index (χ1v) is 11.3. The number of nitrogens with one attached hydrogen (secondary N) is 1. The maximum atomic E-state index is 12.3. The van der Waals surface area contributed by atoms with Crippen LogP contribution in [-0.2, 0) is 22.4 Å². The second-order valence-electron chi connectivity index (χ2n) is 7.76. The van der Waals surface area contributed by atoms with E-state index in [2.05, 4.69) is 16.5 Å². The highest BCUT2D eigenvalue weighted by molar-refractivity contribution is 7.16. The molecule has 160 valence electrons. The minimum atomic E-state index is -0.565. The highest BCUT2D eigenvalue weighted by atomic mass is 32.1. The zero-order valence-corrected chi connectivity index (χ0v) is 18.3. The van der Waals surface area contributed by atoms with Gasteiger partial charge in [-0.05, 0) is 62.4 Å². The lowest BCUT2D eigenvalue weighted by molar-refractivity contribution is -0.119. The van der Waals surface area contributed by atoms with Crippen LogP contribution in [0.5, 0.6) is 0 Å². The van der Waals surface area contributed by atoms with E-state index in [-0.39, 0.29) is 0 Å². The summed E-state index contributed by atoms with van der Waals surface area (Å²) in [6, 6.07) is 9.20. The van der Waals surface area contributed by atoms with E-state index >= 15 is 0 Å². The Morgan fingerprint density at radius 3 is 2.68 bits per heavy atom. The van der Waals surface area contributed by atoms with E-state index in [4.69, 9.17) is 4.74 Å². The molecule has 8 heteroatoms. The van der Waals surface area contributed by atoms with Crippen LogP contribution in [0.3, 0.4) is 0 Å². The molecule has 2 aliphatic rings. The van der Waals surface area contributed by atoms with Crippen molar-refractivity contribution in [3.8, 4) is 6.07 Å². The Bertz CT molecular complexity index is 1070. The number of nitriles is 1. The highest BCUT2D eigenvalue weighted by Crippen LogP contribution is 2.36. The molecule has 7 nitrogen and oxygen atoms in total. The maximum absolute atomic E-state index is 12.3. The van der Waals surface area contributed by atoms with Crippen LogP contribution >= 0.6 is 11.3 Å². The molecule has 2 heterocycles. The molecule has 0 spiro atoms. The van der Waals surface area contributed by atoms with Gasteiger partial charge in [-0.3, -0.25) is 9.80 Å². The summed E-state index contributed by atoms with van der Waals surface area (Å²) < 4.78 is 5.17. The summed E-state index contributed by atoms with van der Waals surface area (Å²) in [7, 11) is 0. The minimum absolute atomic E-state index is 0.372. The van der Waals surface area contributed by atoms with E-state index in [0.717, 1.165) is 62.0 Å². The maximum Gasteiger partial charge on any atom is 0.338 e. The molecule has 1 aliphatic heterocycles. The number of fused-ring (bicyclic) bond motifs is 1. The molecule has 0 radical (unpaired) electrons. The van der Waals surface area contributed by atoms with Crippen molar-refractivity contribution < 1.29 is 14.3 Å². The third-order valence-electron chi connectivity index (χ3n) is 5.50. The van der Waals surface area contributed by atoms with E-state index in [1.165, 1.54) is 16.2 Å². The average molecular weight is 437 g/mol. The van der Waals surface area contributed by atoms with Crippen LogP contribution < -0.4 is 10.3 Å². The van der Waals surface area contributed by atoms with E-state index in [0.29, 0.717) is 16.1 Å². The number of hydrazone groups is 1. The Balaban J connectivity index is 1.34. The van der Waals surface area contributed by atoms with Crippen LogP contribution in [0.4, 0.5) is 10.7 Å². The highest BCUT2D eigenvalue weighted by Gasteiger charge is 2.21. The van der Waals surface area contributed by atoms with Gasteiger partial charge in [-0.15, -0.1) is 11.3 Å². The molecule has 4 rings (SSSR count). The van der Waals surface area contributed by atoms with Gasteiger partial charge in [0.25, 0.3) is 5.91 Å². The molecule has 1 amide bonds. The van der Waals surface area contributed by atoms with E-state index in [9.17, 15) is 14.9 Å². The van der Waals surface area contributed by atoms with Gasteiger partial charge in [-0.1, -0.05) is 6.42 Å². The predicted molar refractivity (Wildman–Crippen MR) is 121 cm³/mol. The molecule has 1 N–H and O–H groups in total. The lowest BCUT2D eigenvalue weighted by atomic mass is 10.1. The number of hydrogen-bond acceptors (Lipinski definition) is 7. The van der Waals surface area contributed by atoms with Gasteiger partial charge in [0.15, 0.2) is 6.61 Å². The Morgan fingerprint density at radius 1 is 1.19 bits per heavy atom. The molecule has 31 heavy (non-hydrogen) atoms. The molecule has 1 aliphatic carbocycles. The molecule has 0 saturated carbocycles. The standard InChI is InChI=1S/C23H24N4O3S/c1-15-11-12-27(26-15)17-9-7-16(8-10-17)23(29)30-14-21(28)25-22-19(13-24)18-5-3-2-4-6-20(18)31-22/h7-10H,2-6,11-12,14H2,1H3,(H,25,28). The fourth-order valence-electron chi connectivity index (χ4n) is 3.86. The summed E-state index contributed by atoms with van der Waals surface area (Å²) in [6.07, 6.45) is 6.07. The van der Waals surface area contributed by atoms with Crippen LogP contribution in [0.2, 0.25) is 0 Å². The van der Waals surface area contributed by atoms with Crippen molar-refractivity contribution in [3.05, 3.63) is 45.8 Å². The molecule has 0 fully saturated rings. The van der Waals surface area contributed by atoms with Crippen molar-refractivity contribution >= 4 is 39.6 Å². The summed E-state index contributed by atoms with van der Waals surface area (Å²) in [4.78, 5) is 25.8. The number of aryl methyl sites for hydroxylation is 1. The Morgan fingerprint density at radius 2 is 1.97 bits per heavy atom. The zero-order chi connectivity index (χ0) is 21.8. The van der Waals surface area contributed by atoms with Crippen molar-refractivity contribution in [1.82, 2.24) is 0 Å². The van der Waals surface area contributed by atoms with Crippen molar-refractivity contribution in [2.75, 3.05) is 23.5 Å². The molecule has 0 saturated heterocycles.